The van der Waals surface area contributed by atoms with Crippen molar-refractivity contribution >= 4 is 22.7 Å². The fourth-order valence-electron chi connectivity index (χ4n) is 1.58. The van der Waals surface area contributed by atoms with Gasteiger partial charge in [-0.25, -0.2) is 4.98 Å². The second kappa shape index (κ2) is 5.08. The minimum absolute atomic E-state index is 0.102. The summed E-state index contributed by atoms with van der Waals surface area (Å²) in [4.78, 5) is 7.18. The lowest BCUT2D eigenvalue weighted by molar-refractivity contribution is 0.635. The molecular weight excluding hydrogens is 236 g/mol. The summed E-state index contributed by atoms with van der Waals surface area (Å²) in [7, 11) is 0. The van der Waals surface area contributed by atoms with Gasteiger partial charge in [0.1, 0.15) is 5.01 Å². The van der Waals surface area contributed by atoms with Crippen LogP contribution in [-0.2, 0) is 0 Å². The Hall–Kier alpha value is -0.710. The number of aryl methyl sites for hydroxylation is 1. The van der Waals surface area contributed by atoms with E-state index >= 15 is 0 Å². The van der Waals surface area contributed by atoms with E-state index in [1.807, 2.05) is 0 Å². The summed E-state index contributed by atoms with van der Waals surface area (Å²) in [6.45, 7) is 4.27. The second-order valence-corrected chi connectivity index (χ2v) is 6.05. The smallest absolute Gasteiger partial charge is 0.110 e. The summed E-state index contributed by atoms with van der Waals surface area (Å²) >= 11 is 3.45. The summed E-state index contributed by atoms with van der Waals surface area (Å²) in [6, 6.07) is 4.36. The van der Waals surface area contributed by atoms with Crippen LogP contribution in [0.2, 0.25) is 0 Å². The highest BCUT2D eigenvalue weighted by molar-refractivity contribution is 7.16. The van der Waals surface area contributed by atoms with E-state index in [2.05, 4.69) is 36.3 Å². The summed E-state index contributed by atoms with van der Waals surface area (Å²) in [5, 5.41) is 3.17. The minimum Gasteiger partial charge on any atom is -0.322 e. The second-order valence-electron chi connectivity index (χ2n) is 3.88. The largest absolute Gasteiger partial charge is 0.322 e. The molecule has 2 rings (SSSR count). The molecule has 1 unspecified atom stereocenters. The molecule has 0 bridgehead atoms. The van der Waals surface area contributed by atoms with Crippen molar-refractivity contribution in [2.45, 2.75) is 32.7 Å². The Morgan fingerprint density at radius 3 is 2.88 bits per heavy atom. The Morgan fingerprint density at radius 2 is 2.25 bits per heavy atom. The molecule has 1 atom stereocenters. The maximum atomic E-state index is 6.05. The first-order chi connectivity index (χ1) is 7.70. The zero-order valence-corrected chi connectivity index (χ0v) is 11.2. The van der Waals surface area contributed by atoms with Crippen LogP contribution in [0.5, 0.6) is 0 Å². The van der Waals surface area contributed by atoms with Crippen molar-refractivity contribution in [3.05, 3.63) is 27.4 Å². The Labute approximate surface area is 104 Å². The number of nitrogens with two attached hydrogens (primary N) is 1. The van der Waals surface area contributed by atoms with Gasteiger partial charge < -0.3 is 5.73 Å². The number of rotatable bonds is 4. The van der Waals surface area contributed by atoms with Crippen molar-refractivity contribution in [1.82, 2.24) is 4.98 Å². The molecule has 86 valence electrons. The number of thiazole rings is 1. The SMILES string of the molecule is CCCC(N)c1nc(-c2ccc(C)s2)cs1. The average molecular weight is 252 g/mol. The van der Waals surface area contributed by atoms with Crippen molar-refractivity contribution in [3.63, 3.8) is 0 Å². The topological polar surface area (TPSA) is 38.9 Å². The maximum absolute atomic E-state index is 6.05. The van der Waals surface area contributed by atoms with Crippen molar-refractivity contribution in [2.75, 3.05) is 0 Å². The first kappa shape index (κ1) is 11.8. The minimum atomic E-state index is 0.102. The monoisotopic (exact) mass is 252 g/mol. The normalized spacial score (nSPS) is 12.9. The fraction of sp³-hybridized carbons (Fsp3) is 0.417. The summed E-state index contributed by atoms with van der Waals surface area (Å²) in [6.07, 6.45) is 2.12. The van der Waals surface area contributed by atoms with Gasteiger partial charge in [0.25, 0.3) is 0 Å². The lowest BCUT2D eigenvalue weighted by Crippen LogP contribution is -2.08. The van der Waals surface area contributed by atoms with Gasteiger partial charge in [0.05, 0.1) is 16.6 Å². The average Bonchev–Trinajstić information content (AvgIpc) is 2.85. The highest BCUT2D eigenvalue weighted by atomic mass is 32.1. The molecule has 0 spiro atoms. The van der Waals surface area contributed by atoms with E-state index in [0.29, 0.717) is 0 Å². The number of thiophene rings is 1. The molecule has 2 nitrogen and oxygen atoms in total. The van der Waals surface area contributed by atoms with E-state index in [1.54, 1.807) is 22.7 Å². The highest BCUT2D eigenvalue weighted by Crippen LogP contribution is 2.30. The van der Waals surface area contributed by atoms with Gasteiger partial charge in [-0.3, -0.25) is 0 Å². The molecule has 0 radical (unpaired) electrons. The molecule has 0 aliphatic rings. The van der Waals surface area contributed by atoms with Crippen LogP contribution in [0.15, 0.2) is 17.5 Å². The fourth-order valence-corrected chi connectivity index (χ4v) is 3.34. The molecule has 0 fully saturated rings. The van der Waals surface area contributed by atoms with Gasteiger partial charge in [-0.15, -0.1) is 22.7 Å². The van der Waals surface area contributed by atoms with Crippen LogP contribution in [0.3, 0.4) is 0 Å². The first-order valence-electron chi connectivity index (χ1n) is 5.48. The number of nitrogens with zero attached hydrogens (tertiary/aromatic N) is 1. The van der Waals surface area contributed by atoms with E-state index in [0.717, 1.165) is 23.5 Å². The molecule has 16 heavy (non-hydrogen) atoms. The number of hydrogen-bond acceptors (Lipinski definition) is 4. The van der Waals surface area contributed by atoms with E-state index in [4.69, 9.17) is 5.73 Å². The van der Waals surface area contributed by atoms with Crippen LogP contribution in [0, 0.1) is 6.92 Å². The van der Waals surface area contributed by atoms with Crippen LogP contribution >= 0.6 is 22.7 Å². The molecule has 0 saturated heterocycles. The van der Waals surface area contributed by atoms with Crippen LogP contribution < -0.4 is 5.73 Å². The molecule has 2 aromatic rings. The summed E-state index contributed by atoms with van der Waals surface area (Å²) in [5.41, 5.74) is 7.13. The van der Waals surface area contributed by atoms with Gasteiger partial charge >= 0.3 is 0 Å². The van der Waals surface area contributed by atoms with Crippen molar-refractivity contribution in [1.29, 1.82) is 0 Å². The van der Waals surface area contributed by atoms with Gasteiger partial charge in [-0.2, -0.15) is 0 Å². The van der Waals surface area contributed by atoms with E-state index < -0.39 is 0 Å². The molecule has 0 amide bonds. The Morgan fingerprint density at radius 1 is 1.44 bits per heavy atom. The molecule has 2 heterocycles. The van der Waals surface area contributed by atoms with Crippen molar-refractivity contribution in [3.8, 4) is 10.6 Å². The molecule has 2 aromatic heterocycles. The van der Waals surface area contributed by atoms with Crippen LogP contribution in [0.25, 0.3) is 10.6 Å². The molecule has 2 N–H and O–H groups in total. The van der Waals surface area contributed by atoms with Gasteiger partial charge in [0.15, 0.2) is 0 Å². The van der Waals surface area contributed by atoms with Crippen molar-refractivity contribution in [2.24, 2.45) is 5.73 Å². The summed E-state index contributed by atoms with van der Waals surface area (Å²) in [5.74, 6) is 0. The van der Waals surface area contributed by atoms with E-state index in [1.165, 1.54) is 9.75 Å². The van der Waals surface area contributed by atoms with E-state index in [9.17, 15) is 0 Å². The predicted octanol–water partition coefficient (Wildman–Crippen LogP) is 3.98. The third-order valence-corrected chi connectivity index (χ3v) is 4.43. The van der Waals surface area contributed by atoms with Crippen LogP contribution in [-0.4, -0.2) is 4.98 Å². The molecule has 0 saturated carbocycles. The molecule has 0 aliphatic carbocycles. The van der Waals surface area contributed by atoms with Crippen molar-refractivity contribution < 1.29 is 0 Å². The molecule has 0 aliphatic heterocycles. The Kier molecular flexibility index (Phi) is 3.74. The molecule has 0 aromatic carbocycles. The van der Waals surface area contributed by atoms with Gasteiger partial charge in [-0.1, -0.05) is 13.3 Å². The first-order valence-corrected chi connectivity index (χ1v) is 7.18. The van der Waals surface area contributed by atoms with Gasteiger partial charge in [-0.05, 0) is 25.5 Å². The lowest BCUT2D eigenvalue weighted by Gasteiger charge is -2.04. The highest BCUT2D eigenvalue weighted by Gasteiger charge is 2.11. The zero-order valence-electron chi connectivity index (χ0n) is 9.56. The third-order valence-electron chi connectivity index (χ3n) is 2.43. The number of aromatic nitrogens is 1. The molecule has 4 heteroatoms. The number of hydrogen-bond donors (Lipinski definition) is 1. The quantitative estimate of drug-likeness (QED) is 0.894. The Bertz CT molecular complexity index is 459. The van der Waals surface area contributed by atoms with E-state index in [-0.39, 0.29) is 6.04 Å². The lowest BCUT2D eigenvalue weighted by atomic mass is 10.2. The third kappa shape index (κ3) is 2.51. The van der Waals surface area contributed by atoms with Crippen LogP contribution in [0.4, 0.5) is 0 Å². The van der Waals surface area contributed by atoms with Gasteiger partial charge in [0, 0.05) is 10.3 Å². The zero-order chi connectivity index (χ0) is 11.5. The van der Waals surface area contributed by atoms with Crippen LogP contribution in [0.1, 0.15) is 35.7 Å². The standard InChI is InChI=1S/C12H16N2S2/c1-3-4-9(13)12-14-10(7-15-12)11-6-5-8(2)16-11/h5-7,9H,3-4,13H2,1-2H3. The maximum Gasteiger partial charge on any atom is 0.110 e. The predicted molar refractivity (Wildman–Crippen MR) is 72.0 cm³/mol. The Balaban J connectivity index is 2.19. The van der Waals surface area contributed by atoms with Gasteiger partial charge in [0.2, 0.25) is 0 Å². The molecular formula is C12H16N2S2. The summed E-state index contributed by atoms with van der Waals surface area (Å²) < 4.78 is 0.